The van der Waals surface area contributed by atoms with Gasteiger partial charge in [-0.2, -0.15) is 0 Å². The lowest BCUT2D eigenvalue weighted by atomic mass is 9.85. The number of aromatic nitrogens is 3. The number of nitrogens with one attached hydrogen (secondary N) is 5. The SMILES string of the molecule is CN/C(=C1\NC=Nc2[nH]ccc21)C1CCCCC1.CNCCc1cnc[nH]1. The molecule has 1 aliphatic heterocycles. The van der Waals surface area contributed by atoms with Crippen LogP contribution in [0.25, 0.3) is 5.70 Å². The largest absolute Gasteiger partial charge is 0.390 e. The van der Waals surface area contributed by atoms with Gasteiger partial charge in [0, 0.05) is 55.3 Å². The van der Waals surface area contributed by atoms with Gasteiger partial charge in [0.25, 0.3) is 0 Å². The summed E-state index contributed by atoms with van der Waals surface area (Å²) in [5.74, 6) is 1.60. The summed E-state index contributed by atoms with van der Waals surface area (Å²) in [5, 5.41) is 9.79. The van der Waals surface area contributed by atoms with Crippen LogP contribution in [-0.2, 0) is 6.42 Å². The van der Waals surface area contributed by atoms with Crippen LogP contribution in [-0.4, -0.2) is 41.9 Å². The number of hydrogen-bond donors (Lipinski definition) is 5. The van der Waals surface area contributed by atoms with Crippen LogP contribution in [0.2, 0.25) is 0 Å². The molecule has 146 valence electrons. The summed E-state index contributed by atoms with van der Waals surface area (Å²) >= 11 is 0. The van der Waals surface area contributed by atoms with E-state index in [2.05, 4.69) is 42.0 Å². The van der Waals surface area contributed by atoms with Crippen LogP contribution >= 0.6 is 0 Å². The Bertz CT molecular complexity index is 736. The van der Waals surface area contributed by atoms with E-state index in [1.54, 1.807) is 12.7 Å². The maximum Gasteiger partial charge on any atom is 0.141 e. The van der Waals surface area contributed by atoms with Crippen molar-refractivity contribution < 1.29 is 0 Å². The fourth-order valence-corrected chi connectivity index (χ4v) is 3.74. The minimum absolute atomic E-state index is 0.653. The molecule has 7 heteroatoms. The second kappa shape index (κ2) is 9.97. The number of imidazole rings is 1. The van der Waals surface area contributed by atoms with Gasteiger partial charge in [0.1, 0.15) is 5.82 Å². The predicted octanol–water partition coefficient (Wildman–Crippen LogP) is 2.92. The van der Waals surface area contributed by atoms with E-state index in [0.29, 0.717) is 5.92 Å². The number of fused-ring (bicyclic) bond motifs is 1. The molecule has 0 saturated heterocycles. The zero-order chi connectivity index (χ0) is 18.9. The first-order chi connectivity index (χ1) is 13.3. The number of nitrogens with zero attached hydrogens (tertiary/aromatic N) is 2. The normalized spacial score (nSPS) is 18.1. The van der Waals surface area contributed by atoms with Crippen LogP contribution in [0.5, 0.6) is 0 Å². The van der Waals surface area contributed by atoms with Crippen molar-refractivity contribution >= 4 is 17.9 Å². The summed E-state index contributed by atoms with van der Waals surface area (Å²) in [5.41, 5.74) is 4.88. The van der Waals surface area contributed by atoms with E-state index in [0.717, 1.165) is 18.8 Å². The number of aliphatic imine (C=N–C) groups is 1. The smallest absolute Gasteiger partial charge is 0.141 e. The summed E-state index contributed by atoms with van der Waals surface area (Å²) in [6, 6.07) is 2.09. The second-order valence-electron chi connectivity index (χ2n) is 6.95. The Labute approximate surface area is 161 Å². The summed E-state index contributed by atoms with van der Waals surface area (Å²) < 4.78 is 0. The van der Waals surface area contributed by atoms with E-state index in [1.807, 2.05) is 26.5 Å². The van der Waals surface area contributed by atoms with Crippen molar-refractivity contribution in [3.63, 3.8) is 0 Å². The molecular weight excluding hydrogens is 338 g/mol. The topological polar surface area (TPSA) is 92.9 Å². The molecule has 27 heavy (non-hydrogen) atoms. The molecule has 1 saturated carbocycles. The first-order valence-electron chi connectivity index (χ1n) is 9.84. The average molecular weight is 370 g/mol. The van der Waals surface area contributed by atoms with Crippen LogP contribution in [0.15, 0.2) is 35.5 Å². The van der Waals surface area contributed by atoms with Gasteiger partial charge in [-0.05, 0) is 26.0 Å². The first-order valence-corrected chi connectivity index (χ1v) is 9.84. The Balaban J connectivity index is 0.000000197. The van der Waals surface area contributed by atoms with Gasteiger partial charge in [-0.1, -0.05) is 19.3 Å². The van der Waals surface area contributed by atoms with Crippen molar-refractivity contribution in [2.24, 2.45) is 10.9 Å². The number of allylic oxidation sites excluding steroid dienone is 1. The van der Waals surface area contributed by atoms with Crippen molar-refractivity contribution in [3.8, 4) is 0 Å². The molecule has 2 aromatic heterocycles. The maximum atomic E-state index is 4.31. The molecule has 1 fully saturated rings. The molecule has 0 atom stereocenters. The Morgan fingerprint density at radius 1 is 1.19 bits per heavy atom. The highest BCUT2D eigenvalue weighted by Gasteiger charge is 2.23. The molecule has 0 radical (unpaired) electrons. The maximum absolute atomic E-state index is 4.31. The Kier molecular flexibility index (Phi) is 7.10. The van der Waals surface area contributed by atoms with E-state index in [9.17, 15) is 0 Å². The monoisotopic (exact) mass is 369 g/mol. The summed E-state index contributed by atoms with van der Waals surface area (Å²) in [6.45, 7) is 1.00. The zero-order valence-corrected chi connectivity index (χ0v) is 16.3. The summed E-state index contributed by atoms with van der Waals surface area (Å²) in [4.78, 5) is 14.4. The van der Waals surface area contributed by atoms with Crippen molar-refractivity contribution in [1.82, 2.24) is 30.9 Å². The Hall–Kier alpha value is -2.54. The molecule has 0 spiro atoms. The lowest BCUT2D eigenvalue weighted by molar-refractivity contribution is 0.391. The standard InChI is InChI=1S/C14H20N4.C6H11N3/c1-15-12(10-5-3-2-4-6-10)13-11-7-8-16-14(11)18-9-17-13;1-7-3-2-6-4-8-5-9-6/h7-10,15-16H,2-6H2,1H3,(H,17,18);4-5,7H,2-3H2,1H3,(H,8,9)/b13-12-;. The van der Waals surface area contributed by atoms with Crippen LogP contribution in [0.4, 0.5) is 5.82 Å². The highest BCUT2D eigenvalue weighted by molar-refractivity contribution is 5.87. The molecule has 4 rings (SSSR count). The quantitative estimate of drug-likeness (QED) is 0.560. The third-order valence-corrected chi connectivity index (χ3v) is 5.15. The zero-order valence-electron chi connectivity index (χ0n) is 16.3. The average Bonchev–Trinajstić information content (AvgIpc) is 3.40. The molecule has 7 nitrogen and oxygen atoms in total. The van der Waals surface area contributed by atoms with E-state index in [4.69, 9.17) is 0 Å². The highest BCUT2D eigenvalue weighted by atomic mass is 15.1. The molecule has 0 unspecified atom stereocenters. The third kappa shape index (κ3) is 5.01. The second-order valence-corrected chi connectivity index (χ2v) is 6.95. The molecule has 0 aromatic carbocycles. The van der Waals surface area contributed by atoms with Crippen LogP contribution in [0, 0.1) is 5.92 Å². The molecule has 3 heterocycles. The molecule has 5 N–H and O–H groups in total. The Morgan fingerprint density at radius 3 is 2.74 bits per heavy atom. The van der Waals surface area contributed by atoms with Crippen molar-refractivity contribution in [1.29, 1.82) is 0 Å². The minimum atomic E-state index is 0.653. The minimum Gasteiger partial charge on any atom is -0.390 e. The fourth-order valence-electron chi connectivity index (χ4n) is 3.74. The molecule has 0 amide bonds. The van der Waals surface area contributed by atoms with Gasteiger partial charge >= 0.3 is 0 Å². The van der Waals surface area contributed by atoms with Crippen LogP contribution in [0.1, 0.15) is 43.4 Å². The van der Waals surface area contributed by atoms with Crippen molar-refractivity contribution in [3.05, 3.63) is 41.7 Å². The van der Waals surface area contributed by atoms with Crippen LogP contribution in [0.3, 0.4) is 0 Å². The lowest BCUT2D eigenvalue weighted by Crippen LogP contribution is -2.26. The molecular formula is C20H31N7. The van der Waals surface area contributed by atoms with Crippen molar-refractivity contribution in [2.45, 2.75) is 38.5 Å². The van der Waals surface area contributed by atoms with Gasteiger partial charge in [0.05, 0.1) is 18.4 Å². The number of rotatable bonds is 5. The Morgan fingerprint density at radius 2 is 2.04 bits per heavy atom. The van der Waals surface area contributed by atoms with Gasteiger partial charge in [-0.3, -0.25) is 0 Å². The van der Waals surface area contributed by atoms with Gasteiger partial charge in [0.2, 0.25) is 0 Å². The van der Waals surface area contributed by atoms with E-state index in [1.165, 1.54) is 54.8 Å². The number of hydrogen-bond acceptors (Lipinski definition) is 5. The van der Waals surface area contributed by atoms with E-state index in [-0.39, 0.29) is 0 Å². The van der Waals surface area contributed by atoms with Crippen LogP contribution < -0.4 is 16.0 Å². The summed E-state index contributed by atoms with van der Waals surface area (Å²) in [6.07, 6.45) is 14.9. The molecule has 2 aliphatic rings. The lowest BCUT2D eigenvalue weighted by Gasteiger charge is -2.27. The van der Waals surface area contributed by atoms with Gasteiger partial charge in [-0.15, -0.1) is 0 Å². The third-order valence-electron chi connectivity index (χ3n) is 5.15. The van der Waals surface area contributed by atoms with Crippen molar-refractivity contribution in [2.75, 3.05) is 20.6 Å². The molecule has 2 aromatic rings. The molecule has 1 aliphatic carbocycles. The first kappa shape index (κ1) is 19.2. The van der Waals surface area contributed by atoms with E-state index < -0.39 is 0 Å². The highest BCUT2D eigenvalue weighted by Crippen LogP contribution is 2.34. The van der Waals surface area contributed by atoms with E-state index >= 15 is 0 Å². The predicted molar refractivity (Wildman–Crippen MR) is 111 cm³/mol. The number of H-pyrrole nitrogens is 2. The number of aromatic amines is 2. The van der Waals surface area contributed by atoms with Gasteiger partial charge in [-0.25, -0.2) is 9.98 Å². The van der Waals surface area contributed by atoms with Gasteiger partial charge in [0.15, 0.2) is 0 Å². The number of likely N-dealkylation sites (N-methyl/N-ethyl adjacent to an activating group) is 1. The van der Waals surface area contributed by atoms with Gasteiger partial charge < -0.3 is 25.9 Å². The molecule has 0 bridgehead atoms. The fraction of sp³-hybridized carbons (Fsp3) is 0.500. The summed E-state index contributed by atoms with van der Waals surface area (Å²) in [7, 11) is 3.97.